The van der Waals surface area contributed by atoms with Gasteiger partial charge in [-0.3, -0.25) is 9.10 Å². The van der Waals surface area contributed by atoms with Crippen LogP contribution in [0, 0.1) is 0 Å². The Kier molecular flexibility index (Phi) is 8.01. The Labute approximate surface area is 180 Å². The second-order valence-electron chi connectivity index (χ2n) is 6.37. The van der Waals surface area contributed by atoms with Gasteiger partial charge in [-0.1, -0.05) is 34.8 Å². The predicted molar refractivity (Wildman–Crippen MR) is 115 cm³/mol. The summed E-state index contributed by atoms with van der Waals surface area (Å²) in [5.41, 5.74) is 0.302. The Hall–Kier alpha value is -1.47. The summed E-state index contributed by atoms with van der Waals surface area (Å²) in [5, 5.41) is 3.88. The van der Waals surface area contributed by atoms with Crippen molar-refractivity contribution in [1.29, 1.82) is 0 Å². The number of halogens is 3. The van der Waals surface area contributed by atoms with Gasteiger partial charge in [0, 0.05) is 29.6 Å². The van der Waals surface area contributed by atoms with Crippen LogP contribution in [0.1, 0.15) is 26.7 Å². The number of carbonyl (C=O) groups is 1. The molecular weight excluding hydrogens is 443 g/mol. The first kappa shape index (κ1) is 22.8. The van der Waals surface area contributed by atoms with Gasteiger partial charge in [-0.15, -0.1) is 0 Å². The highest BCUT2D eigenvalue weighted by Gasteiger charge is 2.26. The summed E-state index contributed by atoms with van der Waals surface area (Å²) in [6, 6.07) is 10.5. The van der Waals surface area contributed by atoms with Crippen LogP contribution in [-0.2, 0) is 14.8 Å². The van der Waals surface area contributed by atoms with Gasteiger partial charge >= 0.3 is 0 Å². The molecular formula is C19H21Cl3N2O3S. The number of nitrogens with one attached hydrogen (secondary N) is 1. The first-order chi connectivity index (χ1) is 13.1. The van der Waals surface area contributed by atoms with Crippen molar-refractivity contribution in [3.63, 3.8) is 0 Å². The third-order valence-electron chi connectivity index (χ3n) is 4.03. The number of amides is 1. The maximum atomic E-state index is 13.3. The molecule has 0 saturated carbocycles. The number of carbonyl (C=O) groups excluding carboxylic acids is 1. The maximum Gasteiger partial charge on any atom is 0.264 e. The lowest BCUT2D eigenvalue weighted by molar-refractivity contribution is -0.119. The van der Waals surface area contributed by atoms with E-state index in [0.29, 0.717) is 28.6 Å². The number of benzene rings is 2. The highest BCUT2D eigenvalue weighted by molar-refractivity contribution is 7.92. The molecule has 0 bridgehead atoms. The van der Waals surface area contributed by atoms with Gasteiger partial charge in [0.15, 0.2) is 0 Å². The standard InChI is InChI=1S/C19H21Cl3N2O3S/c1-13(23-14(2)25)4-3-11-24(19-12-16(21)7-10-18(19)22)28(26,27)17-8-5-15(20)6-9-17/h5-10,12-13H,3-4,11H2,1-2H3,(H,23,25)/t13-/m1/s1. The molecule has 0 aliphatic heterocycles. The summed E-state index contributed by atoms with van der Waals surface area (Å²) < 4.78 is 27.8. The number of sulfonamides is 1. The van der Waals surface area contributed by atoms with E-state index >= 15 is 0 Å². The van der Waals surface area contributed by atoms with Crippen LogP contribution >= 0.6 is 34.8 Å². The summed E-state index contributed by atoms with van der Waals surface area (Å²) in [7, 11) is -3.89. The number of rotatable bonds is 8. The van der Waals surface area contributed by atoms with Gasteiger partial charge < -0.3 is 5.32 Å². The molecule has 28 heavy (non-hydrogen) atoms. The van der Waals surface area contributed by atoms with Crippen molar-refractivity contribution in [1.82, 2.24) is 5.32 Å². The minimum Gasteiger partial charge on any atom is -0.354 e. The zero-order valence-electron chi connectivity index (χ0n) is 15.5. The summed E-state index contributed by atoms with van der Waals surface area (Å²) in [6.45, 7) is 3.49. The van der Waals surface area contributed by atoms with E-state index < -0.39 is 10.0 Å². The van der Waals surface area contributed by atoms with Gasteiger partial charge in [0.2, 0.25) is 5.91 Å². The molecule has 1 amide bonds. The molecule has 152 valence electrons. The number of hydrogen-bond acceptors (Lipinski definition) is 3. The molecule has 0 aliphatic rings. The lowest BCUT2D eigenvalue weighted by atomic mass is 10.2. The van der Waals surface area contributed by atoms with Crippen molar-refractivity contribution in [2.24, 2.45) is 0 Å². The minimum absolute atomic E-state index is 0.0765. The molecule has 1 atom stereocenters. The smallest absolute Gasteiger partial charge is 0.264 e. The van der Waals surface area contributed by atoms with Crippen molar-refractivity contribution < 1.29 is 13.2 Å². The van der Waals surface area contributed by atoms with Crippen molar-refractivity contribution >= 4 is 56.4 Å². The predicted octanol–water partition coefficient (Wildman–Crippen LogP) is 5.15. The largest absolute Gasteiger partial charge is 0.354 e. The Balaban J connectivity index is 2.34. The first-order valence-corrected chi connectivity index (χ1v) is 11.2. The lowest BCUT2D eigenvalue weighted by Crippen LogP contribution is -2.34. The Morgan fingerprint density at radius 1 is 1.07 bits per heavy atom. The van der Waals surface area contributed by atoms with E-state index in [-0.39, 0.29) is 28.4 Å². The first-order valence-electron chi connectivity index (χ1n) is 8.61. The quantitative estimate of drug-likeness (QED) is 0.589. The van der Waals surface area contributed by atoms with Crippen LogP contribution in [0.25, 0.3) is 0 Å². The molecule has 0 aromatic heterocycles. The molecule has 1 N–H and O–H groups in total. The molecule has 0 unspecified atom stereocenters. The number of anilines is 1. The van der Waals surface area contributed by atoms with Crippen LogP contribution in [-0.4, -0.2) is 26.9 Å². The molecule has 0 aliphatic carbocycles. The highest BCUT2D eigenvalue weighted by atomic mass is 35.5. The van der Waals surface area contributed by atoms with Crippen LogP contribution in [0.4, 0.5) is 5.69 Å². The highest BCUT2D eigenvalue weighted by Crippen LogP contribution is 2.33. The Morgan fingerprint density at radius 3 is 2.29 bits per heavy atom. The van der Waals surface area contributed by atoms with Crippen LogP contribution < -0.4 is 9.62 Å². The molecule has 0 heterocycles. The molecule has 2 aromatic carbocycles. The summed E-state index contributed by atoms with van der Waals surface area (Å²) in [5.74, 6) is -0.129. The van der Waals surface area contributed by atoms with Crippen molar-refractivity contribution in [3.05, 3.63) is 57.5 Å². The lowest BCUT2D eigenvalue weighted by Gasteiger charge is -2.26. The second-order valence-corrected chi connectivity index (χ2v) is 9.51. The molecule has 5 nitrogen and oxygen atoms in total. The van der Waals surface area contributed by atoms with E-state index in [9.17, 15) is 13.2 Å². The van der Waals surface area contributed by atoms with Crippen LogP contribution in [0.3, 0.4) is 0 Å². The van der Waals surface area contributed by atoms with E-state index in [4.69, 9.17) is 34.8 Å². The van der Waals surface area contributed by atoms with Crippen molar-refractivity contribution in [2.75, 3.05) is 10.8 Å². The summed E-state index contributed by atoms with van der Waals surface area (Å²) in [6.07, 6.45) is 1.11. The topological polar surface area (TPSA) is 66.5 Å². The fraction of sp³-hybridized carbons (Fsp3) is 0.316. The summed E-state index contributed by atoms with van der Waals surface area (Å²) in [4.78, 5) is 11.3. The molecule has 0 spiro atoms. The summed E-state index contributed by atoms with van der Waals surface area (Å²) >= 11 is 18.2. The third-order valence-corrected chi connectivity index (χ3v) is 6.66. The van der Waals surface area contributed by atoms with E-state index in [1.165, 1.54) is 41.6 Å². The molecule has 0 radical (unpaired) electrons. The van der Waals surface area contributed by atoms with Crippen LogP contribution in [0.5, 0.6) is 0 Å². The van der Waals surface area contributed by atoms with Crippen molar-refractivity contribution in [2.45, 2.75) is 37.6 Å². The number of hydrogen-bond donors (Lipinski definition) is 1. The zero-order chi connectivity index (χ0) is 20.9. The van der Waals surface area contributed by atoms with Gasteiger partial charge in [-0.25, -0.2) is 8.42 Å². The Bertz CT molecular complexity index is 934. The minimum atomic E-state index is -3.89. The van der Waals surface area contributed by atoms with Gasteiger partial charge in [-0.2, -0.15) is 0 Å². The van der Waals surface area contributed by atoms with Gasteiger partial charge in [0.1, 0.15) is 0 Å². The third kappa shape index (κ3) is 6.01. The fourth-order valence-electron chi connectivity index (χ4n) is 2.74. The second kappa shape index (κ2) is 9.83. The van der Waals surface area contributed by atoms with E-state index in [1.54, 1.807) is 12.1 Å². The average Bonchev–Trinajstić information content (AvgIpc) is 2.60. The molecule has 0 saturated heterocycles. The van der Waals surface area contributed by atoms with Crippen LogP contribution in [0.15, 0.2) is 47.4 Å². The SMILES string of the molecule is CC(=O)N[C@H](C)CCCN(c1cc(Cl)ccc1Cl)S(=O)(=O)c1ccc(Cl)cc1. The molecule has 2 aromatic rings. The maximum absolute atomic E-state index is 13.3. The zero-order valence-corrected chi connectivity index (χ0v) is 18.5. The fourth-order valence-corrected chi connectivity index (χ4v) is 4.82. The molecule has 2 rings (SSSR count). The van der Waals surface area contributed by atoms with Gasteiger partial charge in [-0.05, 0) is 62.2 Å². The van der Waals surface area contributed by atoms with E-state index in [0.717, 1.165) is 0 Å². The van der Waals surface area contributed by atoms with Gasteiger partial charge in [0.25, 0.3) is 10.0 Å². The normalized spacial score (nSPS) is 12.5. The molecule has 0 fully saturated rings. The van der Waals surface area contributed by atoms with Gasteiger partial charge in [0.05, 0.1) is 15.6 Å². The van der Waals surface area contributed by atoms with Crippen LogP contribution in [0.2, 0.25) is 15.1 Å². The van der Waals surface area contributed by atoms with Crippen molar-refractivity contribution in [3.8, 4) is 0 Å². The Morgan fingerprint density at radius 2 is 1.68 bits per heavy atom. The average molecular weight is 464 g/mol. The van der Waals surface area contributed by atoms with E-state index in [2.05, 4.69) is 5.32 Å². The monoisotopic (exact) mass is 462 g/mol. The van der Waals surface area contributed by atoms with E-state index in [1.807, 2.05) is 6.92 Å². The number of nitrogens with zero attached hydrogens (tertiary/aromatic N) is 1. The molecule has 9 heteroatoms.